The monoisotopic (exact) mass is 235 g/mol. The van der Waals surface area contributed by atoms with E-state index in [0.717, 1.165) is 5.56 Å². The summed E-state index contributed by atoms with van der Waals surface area (Å²) in [6.07, 6.45) is -1.47. The highest BCUT2D eigenvalue weighted by molar-refractivity contribution is 5.97. The standard InChI is InChI=1S/C13H17NO3/c1-9-3-2-4-10(5-9)11(15)6-14-7-12(16)13(17)8-14/h2-5,12-13,16-17H,6-8H2,1H3. The fourth-order valence-electron chi connectivity index (χ4n) is 2.09. The highest BCUT2D eigenvalue weighted by atomic mass is 16.3. The van der Waals surface area contributed by atoms with Crippen molar-refractivity contribution in [3.8, 4) is 0 Å². The van der Waals surface area contributed by atoms with E-state index in [1.165, 1.54) is 0 Å². The molecule has 0 saturated carbocycles. The lowest BCUT2D eigenvalue weighted by Crippen LogP contribution is -2.28. The molecule has 2 atom stereocenters. The van der Waals surface area contributed by atoms with Gasteiger partial charge in [-0.3, -0.25) is 9.69 Å². The SMILES string of the molecule is Cc1cccc(C(=O)CN2CC(O)C(O)C2)c1. The van der Waals surface area contributed by atoms with Gasteiger partial charge in [-0.15, -0.1) is 0 Å². The van der Waals surface area contributed by atoms with Crippen molar-refractivity contribution in [2.24, 2.45) is 0 Å². The smallest absolute Gasteiger partial charge is 0.176 e. The molecule has 2 N–H and O–H groups in total. The van der Waals surface area contributed by atoms with Crippen molar-refractivity contribution in [3.63, 3.8) is 0 Å². The van der Waals surface area contributed by atoms with Crippen molar-refractivity contribution in [2.75, 3.05) is 19.6 Å². The minimum atomic E-state index is -0.736. The van der Waals surface area contributed by atoms with Crippen LogP contribution in [0.1, 0.15) is 15.9 Å². The van der Waals surface area contributed by atoms with Crippen molar-refractivity contribution in [2.45, 2.75) is 19.1 Å². The van der Waals surface area contributed by atoms with Crippen LogP contribution < -0.4 is 0 Å². The Bertz CT molecular complexity index is 409. The summed E-state index contributed by atoms with van der Waals surface area (Å²) in [4.78, 5) is 13.7. The van der Waals surface area contributed by atoms with Crippen LogP contribution in [0.2, 0.25) is 0 Å². The first-order chi connectivity index (χ1) is 8.06. The molecule has 17 heavy (non-hydrogen) atoms. The molecule has 2 unspecified atom stereocenters. The highest BCUT2D eigenvalue weighted by Gasteiger charge is 2.30. The number of likely N-dealkylation sites (tertiary alicyclic amines) is 1. The Morgan fingerprint density at radius 3 is 2.59 bits per heavy atom. The number of hydrogen-bond acceptors (Lipinski definition) is 4. The molecule has 0 spiro atoms. The van der Waals surface area contributed by atoms with E-state index >= 15 is 0 Å². The van der Waals surface area contributed by atoms with Crippen LogP contribution in [0.25, 0.3) is 0 Å². The Morgan fingerprint density at radius 2 is 2.00 bits per heavy atom. The number of Topliss-reactive ketones (excluding diaryl/α,β-unsaturated/α-hetero) is 1. The number of benzene rings is 1. The first kappa shape index (κ1) is 12.2. The molecule has 92 valence electrons. The number of aryl methyl sites for hydroxylation is 1. The van der Waals surface area contributed by atoms with E-state index in [9.17, 15) is 15.0 Å². The molecule has 1 fully saturated rings. The highest BCUT2D eigenvalue weighted by Crippen LogP contribution is 2.12. The van der Waals surface area contributed by atoms with Gasteiger partial charge in [-0.05, 0) is 13.0 Å². The maximum atomic E-state index is 12.0. The molecule has 0 radical (unpaired) electrons. The second kappa shape index (κ2) is 4.96. The largest absolute Gasteiger partial charge is 0.389 e. The van der Waals surface area contributed by atoms with Gasteiger partial charge in [-0.25, -0.2) is 0 Å². The first-order valence-electron chi connectivity index (χ1n) is 5.74. The van der Waals surface area contributed by atoms with Crippen LogP contribution in [-0.4, -0.2) is 52.7 Å². The summed E-state index contributed by atoms with van der Waals surface area (Å²) < 4.78 is 0. The van der Waals surface area contributed by atoms with Crippen molar-refractivity contribution in [1.29, 1.82) is 0 Å². The molecule has 0 bridgehead atoms. The number of carbonyl (C=O) groups excluding carboxylic acids is 1. The molecular weight excluding hydrogens is 218 g/mol. The second-order valence-corrected chi connectivity index (χ2v) is 4.62. The molecule has 1 aliphatic heterocycles. The van der Waals surface area contributed by atoms with Crippen LogP contribution in [0.15, 0.2) is 24.3 Å². The van der Waals surface area contributed by atoms with Gasteiger partial charge in [0.15, 0.2) is 5.78 Å². The number of ketones is 1. The van der Waals surface area contributed by atoms with E-state index in [2.05, 4.69) is 0 Å². The summed E-state index contributed by atoms with van der Waals surface area (Å²) in [5.74, 6) is 0.0231. The number of aliphatic hydroxyl groups is 2. The van der Waals surface area contributed by atoms with Crippen molar-refractivity contribution < 1.29 is 15.0 Å². The summed E-state index contributed by atoms with van der Waals surface area (Å²) >= 11 is 0. The molecule has 0 aliphatic carbocycles. The van der Waals surface area contributed by atoms with Gasteiger partial charge < -0.3 is 10.2 Å². The van der Waals surface area contributed by atoms with E-state index in [1.54, 1.807) is 11.0 Å². The van der Waals surface area contributed by atoms with E-state index in [0.29, 0.717) is 18.7 Å². The lowest BCUT2D eigenvalue weighted by molar-refractivity contribution is 0.0572. The van der Waals surface area contributed by atoms with Crippen molar-refractivity contribution in [3.05, 3.63) is 35.4 Å². The Labute approximate surface area is 100 Å². The van der Waals surface area contributed by atoms with Crippen LogP contribution >= 0.6 is 0 Å². The van der Waals surface area contributed by atoms with Gasteiger partial charge in [0, 0.05) is 18.7 Å². The molecule has 1 aliphatic rings. The van der Waals surface area contributed by atoms with Gasteiger partial charge in [0.2, 0.25) is 0 Å². The summed E-state index contributed by atoms with van der Waals surface area (Å²) in [6.45, 7) is 2.91. The van der Waals surface area contributed by atoms with E-state index < -0.39 is 12.2 Å². The first-order valence-corrected chi connectivity index (χ1v) is 5.74. The number of carbonyl (C=O) groups is 1. The molecular formula is C13H17NO3. The predicted octanol–water partition coefficient (Wildman–Crippen LogP) is 0.215. The number of nitrogens with zero attached hydrogens (tertiary/aromatic N) is 1. The number of rotatable bonds is 3. The Hall–Kier alpha value is -1.23. The zero-order valence-electron chi connectivity index (χ0n) is 9.84. The quantitative estimate of drug-likeness (QED) is 0.736. The second-order valence-electron chi connectivity index (χ2n) is 4.62. The maximum Gasteiger partial charge on any atom is 0.176 e. The topological polar surface area (TPSA) is 60.8 Å². The minimum absolute atomic E-state index is 0.0231. The van der Waals surface area contributed by atoms with Gasteiger partial charge in [0.25, 0.3) is 0 Å². The van der Waals surface area contributed by atoms with Crippen LogP contribution in [0, 0.1) is 6.92 Å². The molecule has 1 saturated heterocycles. The zero-order chi connectivity index (χ0) is 12.4. The van der Waals surface area contributed by atoms with Crippen molar-refractivity contribution >= 4 is 5.78 Å². The fourth-order valence-corrected chi connectivity index (χ4v) is 2.09. The van der Waals surface area contributed by atoms with Crippen LogP contribution in [0.5, 0.6) is 0 Å². The summed E-state index contributed by atoms with van der Waals surface area (Å²) in [5.41, 5.74) is 1.73. The maximum absolute atomic E-state index is 12.0. The van der Waals surface area contributed by atoms with E-state index in [4.69, 9.17) is 0 Å². The molecule has 4 nitrogen and oxygen atoms in total. The van der Waals surface area contributed by atoms with Crippen LogP contribution in [0.3, 0.4) is 0 Å². The zero-order valence-corrected chi connectivity index (χ0v) is 9.84. The minimum Gasteiger partial charge on any atom is -0.389 e. The third-order valence-corrected chi connectivity index (χ3v) is 3.04. The summed E-state index contributed by atoms with van der Waals surface area (Å²) in [7, 11) is 0. The van der Waals surface area contributed by atoms with Gasteiger partial charge in [-0.2, -0.15) is 0 Å². The molecule has 1 heterocycles. The average Bonchev–Trinajstić information content (AvgIpc) is 2.58. The van der Waals surface area contributed by atoms with Gasteiger partial charge in [0.05, 0.1) is 18.8 Å². The van der Waals surface area contributed by atoms with Gasteiger partial charge in [0.1, 0.15) is 0 Å². The van der Waals surface area contributed by atoms with Crippen LogP contribution in [-0.2, 0) is 0 Å². The molecule has 4 heteroatoms. The van der Waals surface area contributed by atoms with Gasteiger partial charge in [-0.1, -0.05) is 23.8 Å². The normalized spacial score (nSPS) is 25.1. The molecule has 1 aromatic rings. The summed E-state index contributed by atoms with van der Waals surface area (Å²) in [5, 5.41) is 18.8. The summed E-state index contributed by atoms with van der Waals surface area (Å²) in [6, 6.07) is 7.44. The number of β-amino-alcohol motifs (C(OH)–C–C–N with tert-alkyl or cyclic N) is 2. The number of aliphatic hydroxyl groups excluding tert-OH is 2. The number of hydrogen-bond donors (Lipinski definition) is 2. The molecule has 0 aromatic heterocycles. The average molecular weight is 235 g/mol. The lowest BCUT2D eigenvalue weighted by Gasteiger charge is -2.13. The van der Waals surface area contributed by atoms with E-state index in [-0.39, 0.29) is 12.3 Å². The van der Waals surface area contributed by atoms with Gasteiger partial charge >= 0.3 is 0 Å². The predicted molar refractivity (Wildman–Crippen MR) is 64.0 cm³/mol. The Balaban J connectivity index is 1.98. The third kappa shape index (κ3) is 2.91. The third-order valence-electron chi connectivity index (χ3n) is 3.04. The Kier molecular flexibility index (Phi) is 3.57. The molecule has 1 aromatic carbocycles. The van der Waals surface area contributed by atoms with Crippen molar-refractivity contribution in [1.82, 2.24) is 4.90 Å². The lowest BCUT2D eigenvalue weighted by atomic mass is 10.1. The van der Waals surface area contributed by atoms with Crippen LogP contribution in [0.4, 0.5) is 0 Å². The molecule has 2 rings (SSSR count). The van der Waals surface area contributed by atoms with E-state index in [1.807, 2.05) is 25.1 Å². The molecule has 0 amide bonds. The fraction of sp³-hybridized carbons (Fsp3) is 0.462. The Morgan fingerprint density at radius 1 is 1.35 bits per heavy atom.